The molecule has 4 unspecified atom stereocenters. The molecule has 0 amide bonds. The lowest BCUT2D eigenvalue weighted by Gasteiger charge is -2.19. The minimum absolute atomic E-state index is 0.341. The van der Waals surface area contributed by atoms with Gasteiger partial charge in [-0.05, 0) is 24.2 Å². The van der Waals surface area contributed by atoms with E-state index in [0.29, 0.717) is 6.04 Å². The van der Waals surface area contributed by atoms with E-state index in [1.54, 1.807) is 0 Å². The van der Waals surface area contributed by atoms with Crippen LogP contribution >= 0.6 is 0 Å². The molecule has 2 aliphatic rings. The minimum Gasteiger partial charge on any atom is -0.324 e. The first-order chi connectivity index (χ1) is 4.29. The third-order valence-electron chi connectivity index (χ3n) is 2.75. The first-order valence-electron chi connectivity index (χ1n) is 3.73. The number of rotatable bonds is 0. The Morgan fingerprint density at radius 1 is 1.44 bits per heavy atom. The Kier molecular flexibility index (Phi) is 0.974. The van der Waals surface area contributed by atoms with Gasteiger partial charge < -0.3 is 5.73 Å². The van der Waals surface area contributed by atoms with Gasteiger partial charge >= 0.3 is 0 Å². The highest BCUT2D eigenvalue weighted by Crippen LogP contribution is 2.48. The predicted molar refractivity (Wildman–Crippen MR) is 37.9 cm³/mol. The van der Waals surface area contributed by atoms with Crippen LogP contribution in [0.2, 0.25) is 0 Å². The highest BCUT2D eigenvalue weighted by Gasteiger charge is 2.43. The Balaban J connectivity index is 2.16. The molecule has 4 atom stereocenters. The summed E-state index contributed by atoms with van der Waals surface area (Å²) in [6.07, 6.45) is 5.85. The van der Waals surface area contributed by atoms with Gasteiger partial charge in [-0.25, -0.2) is 0 Å². The van der Waals surface area contributed by atoms with Gasteiger partial charge in [-0.1, -0.05) is 19.1 Å². The van der Waals surface area contributed by atoms with E-state index >= 15 is 0 Å². The number of hydrogen-bond donors (Lipinski definition) is 1. The van der Waals surface area contributed by atoms with Crippen molar-refractivity contribution in [3.05, 3.63) is 12.2 Å². The average Bonchev–Trinajstić information content (AvgIpc) is 2.58. The molecular weight excluding hydrogens is 110 g/mol. The highest BCUT2D eigenvalue weighted by molar-refractivity contribution is 5.14. The van der Waals surface area contributed by atoms with Crippen LogP contribution in [-0.2, 0) is 0 Å². The zero-order chi connectivity index (χ0) is 6.43. The summed E-state index contributed by atoms with van der Waals surface area (Å²) < 4.78 is 0. The lowest BCUT2D eigenvalue weighted by molar-refractivity contribution is 0.430. The molecule has 0 bridgehead atoms. The summed E-state index contributed by atoms with van der Waals surface area (Å²) in [6.45, 7) is 2.26. The topological polar surface area (TPSA) is 26.0 Å². The summed E-state index contributed by atoms with van der Waals surface area (Å²) in [5.74, 6) is 2.57. The Labute approximate surface area is 55.9 Å². The zero-order valence-corrected chi connectivity index (χ0v) is 5.75. The number of fused-ring (bicyclic) bond motifs is 1. The van der Waals surface area contributed by atoms with Crippen molar-refractivity contribution >= 4 is 0 Å². The molecule has 0 radical (unpaired) electrons. The van der Waals surface area contributed by atoms with Crippen molar-refractivity contribution in [1.29, 1.82) is 0 Å². The van der Waals surface area contributed by atoms with Gasteiger partial charge in [-0.3, -0.25) is 0 Å². The molecule has 2 N–H and O–H groups in total. The van der Waals surface area contributed by atoms with Gasteiger partial charge in [0.25, 0.3) is 0 Å². The Morgan fingerprint density at radius 2 is 2.22 bits per heavy atom. The molecule has 1 heteroatoms. The van der Waals surface area contributed by atoms with E-state index < -0.39 is 0 Å². The van der Waals surface area contributed by atoms with Crippen molar-refractivity contribution in [3.63, 3.8) is 0 Å². The first-order valence-corrected chi connectivity index (χ1v) is 3.73. The van der Waals surface area contributed by atoms with Crippen molar-refractivity contribution in [1.82, 2.24) is 0 Å². The number of hydrogen-bond acceptors (Lipinski definition) is 1. The largest absolute Gasteiger partial charge is 0.324 e. The zero-order valence-electron chi connectivity index (χ0n) is 5.75. The third-order valence-corrected chi connectivity index (χ3v) is 2.75. The summed E-state index contributed by atoms with van der Waals surface area (Å²) in [5.41, 5.74) is 5.81. The van der Waals surface area contributed by atoms with Crippen molar-refractivity contribution < 1.29 is 0 Å². The van der Waals surface area contributed by atoms with E-state index in [1.807, 2.05) is 0 Å². The first kappa shape index (κ1) is 5.48. The van der Waals surface area contributed by atoms with Gasteiger partial charge in [-0.2, -0.15) is 0 Å². The summed E-state index contributed by atoms with van der Waals surface area (Å²) in [7, 11) is 0. The van der Waals surface area contributed by atoms with Crippen molar-refractivity contribution in [2.24, 2.45) is 23.5 Å². The molecular formula is C8H13N. The van der Waals surface area contributed by atoms with Crippen LogP contribution in [0, 0.1) is 17.8 Å². The van der Waals surface area contributed by atoms with Gasteiger partial charge in [0.15, 0.2) is 0 Å². The van der Waals surface area contributed by atoms with E-state index in [-0.39, 0.29) is 0 Å². The molecule has 1 fully saturated rings. The van der Waals surface area contributed by atoms with E-state index in [1.165, 1.54) is 6.42 Å². The van der Waals surface area contributed by atoms with E-state index in [9.17, 15) is 0 Å². The molecule has 2 rings (SSSR count). The van der Waals surface area contributed by atoms with Gasteiger partial charge in [0.1, 0.15) is 0 Å². The maximum Gasteiger partial charge on any atom is 0.0252 e. The minimum atomic E-state index is 0.341. The SMILES string of the molecule is CC1C(N)C=CC2CC21. The fourth-order valence-corrected chi connectivity index (χ4v) is 1.79. The molecule has 9 heavy (non-hydrogen) atoms. The predicted octanol–water partition coefficient (Wildman–Crippen LogP) is 1.16. The van der Waals surface area contributed by atoms with Crippen LogP contribution in [0.1, 0.15) is 13.3 Å². The normalized spacial score (nSPS) is 54.9. The van der Waals surface area contributed by atoms with Gasteiger partial charge in [0.2, 0.25) is 0 Å². The lowest BCUT2D eigenvalue weighted by atomic mass is 9.92. The van der Waals surface area contributed by atoms with Gasteiger partial charge in [-0.15, -0.1) is 0 Å². The second-order valence-electron chi connectivity index (χ2n) is 3.38. The standard InChI is InChI=1S/C8H13N/c1-5-7-4-6(7)2-3-8(5)9/h2-3,5-8H,4,9H2,1H3. The van der Waals surface area contributed by atoms with Crippen LogP contribution in [0.25, 0.3) is 0 Å². The third kappa shape index (κ3) is 0.715. The molecule has 0 aromatic carbocycles. The molecule has 0 saturated heterocycles. The van der Waals surface area contributed by atoms with E-state index in [2.05, 4.69) is 19.1 Å². The Hall–Kier alpha value is -0.300. The summed E-state index contributed by atoms with van der Waals surface area (Å²) in [5, 5.41) is 0. The smallest absolute Gasteiger partial charge is 0.0252 e. The monoisotopic (exact) mass is 123 g/mol. The van der Waals surface area contributed by atoms with Crippen LogP contribution in [0.3, 0.4) is 0 Å². The van der Waals surface area contributed by atoms with Crippen LogP contribution < -0.4 is 5.73 Å². The Bertz CT molecular complexity index is 151. The molecule has 0 aromatic heterocycles. The van der Waals surface area contributed by atoms with Crippen LogP contribution in [0.4, 0.5) is 0 Å². The molecule has 50 valence electrons. The van der Waals surface area contributed by atoms with Crippen LogP contribution in [-0.4, -0.2) is 6.04 Å². The van der Waals surface area contributed by atoms with Crippen LogP contribution in [0.15, 0.2) is 12.2 Å². The Morgan fingerprint density at radius 3 is 2.89 bits per heavy atom. The lowest BCUT2D eigenvalue weighted by Crippen LogP contribution is -2.29. The van der Waals surface area contributed by atoms with E-state index in [0.717, 1.165) is 17.8 Å². The molecule has 2 aliphatic carbocycles. The van der Waals surface area contributed by atoms with E-state index in [4.69, 9.17) is 5.73 Å². The van der Waals surface area contributed by atoms with Crippen LogP contribution in [0.5, 0.6) is 0 Å². The number of nitrogens with two attached hydrogens (primary N) is 1. The van der Waals surface area contributed by atoms with Gasteiger partial charge in [0, 0.05) is 6.04 Å². The fourth-order valence-electron chi connectivity index (χ4n) is 1.79. The second kappa shape index (κ2) is 1.60. The molecule has 1 saturated carbocycles. The summed E-state index contributed by atoms with van der Waals surface area (Å²) >= 11 is 0. The summed E-state index contributed by atoms with van der Waals surface area (Å²) in [4.78, 5) is 0. The van der Waals surface area contributed by atoms with Gasteiger partial charge in [0.05, 0.1) is 0 Å². The quantitative estimate of drug-likeness (QED) is 0.480. The maximum atomic E-state index is 5.81. The van der Waals surface area contributed by atoms with Crippen molar-refractivity contribution in [3.8, 4) is 0 Å². The molecule has 1 nitrogen and oxygen atoms in total. The maximum absolute atomic E-state index is 5.81. The van der Waals surface area contributed by atoms with Crippen molar-refractivity contribution in [2.45, 2.75) is 19.4 Å². The second-order valence-corrected chi connectivity index (χ2v) is 3.38. The fraction of sp³-hybridized carbons (Fsp3) is 0.750. The average molecular weight is 123 g/mol. The molecule has 0 aromatic rings. The summed E-state index contributed by atoms with van der Waals surface area (Å²) in [6, 6.07) is 0.341. The molecule has 0 spiro atoms. The molecule has 0 heterocycles. The highest BCUT2D eigenvalue weighted by atomic mass is 14.7. The number of allylic oxidation sites excluding steroid dienone is 1. The molecule has 0 aliphatic heterocycles. The van der Waals surface area contributed by atoms with Crippen molar-refractivity contribution in [2.75, 3.05) is 0 Å².